The van der Waals surface area contributed by atoms with Crippen molar-refractivity contribution in [3.8, 4) is 6.07 Å². The number of hydrogen-bond acceptors (Lipinski definition) is 4. The van der Waals surface area contributed by atoms with E-state index in [2.05, 4.69) is 15.9 Å². The first kappa shape index (κ1) is 13.5. The second kappa shape index (κ2) is 5.39. The van der Waals surface area contributed by atoms with Crippen molar-refractivity contribution in [1.29, 1.82) is 5.26 Å². The maximum atomic E-state index is 11.9. The van der Waals surface area contributed by atoms with Gasteiger partial charge in [0.15, 0.2) is 0 Å². The van der Waals surface area contributed by atoms with Crippen LogP contribution in [0, 0.1) is 11.3 Å². The zero-order valence-corrected chi connectivity index (χ0v) is 12.9. The number of benzene rings is 1. The Morgan fingerprint density at radius 1 is 1.33 bits per heavy atom. The van der Waals surface area contributed by atoms with Crippen LogP contribution in [0.15, 0.2) is 42.3 Å². The molecule has 0 aliphatic carbocycles. The van der Waals surface area contributed by atoms with Crippen LogP contribution in [0.1, 0.15) is 0 Å². The lowest BCUT2D eigenvalue weighted by Crippen LogP contribution is -2.23. The highest BCUT2D eigenvalue weighted by Crippen LogP contribution is 2.52. The van der Waals surface area contributed by atoms with Gasteiger partial charge in [-0.05, 0) is 18.2 Å². The first-order valence-electron chi connectivity index (χ1n) is 5.04. The molecule has 0 N–H and O–H groups in total. The van der Waals surface area contributed by atoms with Crippen LogP contribution in [0.5, 0.6) is 0 Å². The molecule has 0 aromatic heterocycles. The van der Waals surface area contributed by atoms with Gasteiger partial charge in [-0.1, -0.05) is 39.5 Å². The van der Waals surface area contributed by atoms with Crippen LogP contribution < -0.4 is 0 Å². The molecule has 1 aromatic rings. The maximum absolute atomic E-state index is 11.9. The summed E-state index contributed by atoms with van der Waals surface area (Å²) in [7, 11) is 3.29. The zero-order chi connectivity index (χ0) is 13.3. The van der Waals surface area contributed by atoms with Gasteiger partial charge < -0.3 is 4.90 Å². The van der Waals surface area contributed by atoms with E-state index in [4.69, 9.17) is 5.26 Å². The predicted molar refractivity (Wildman–Crippen MR) is 77.2 cm³/mol. The Balaban J connectivity index is 2.39. The average molecular weight is 341 g/mol. The van der Waals surface area contributed by atoms with Crippen LogP contribution >= 0.6 is 39.5 Å². The SMILES string of the molecule is CN(C)C(=O)/C(C#N)=C1\Sc2ccc(Br)cc2S1. The number of carbonyl (C=O) groups excluding carboxylic acids is 1. The van der Waals surface area contributed by atoms with Crippen LogP contribution in [-0.2, 0) is 4.79 Å². The van der Waals surface area contributed by atoms with Gasteiger partial charge in [0.25, 0.3) is 5.91 Å². The van der Waals surface area contributed by atoms with Crippen molar-refractivity contribution in [2.45, 2.75) is 9.79 Å². The number of likely N-dealkylation sites (N-methyl/N-ethyl adjacent to an activating group) is 1. The van der Waals surface area contributed by atoms with Crippen LogP contribution in [0.25, 0.3) is 0 Å². The highest BCUT2D eigenvalue weighted by molar-refractivity contribution is 9.10. The van der Waals surface area contributed by atoms with E-state index in [0.717, 1.165) is 18.5 Å². The van der Waals surface area contributed by atoms with Crippen molar-refractivity contribution in [3.05, 3.63) is 32.5 Å². The minimum atomic E-state index is -0.251. The average Bonchev–Trinajstić information content (AvgIpc) is 2.72. The number of carbonyl (C=O) groups is 1. The van der Waals surface area contributed by atoms with Crippen LogP contribution in [0.3, 0.4) is 0 Å². The first-order valence-corrected chi connectivity index (χ1v) is 7.47. The molecule has 1 aliphatic rings. The first-order chi connectivity index (χ1) is 8.52. The molecular weight excluding hydrogens is 332 g/mol. The van der Waals surface area contributed by atoms with Crippen molar-refractivity contribution in [2.24, 2.45) is 0 Å². The molecule has 18 heavy (non-hydrogen) atoms. The third-order valence-electron chi connectivity index (χ3n) is 2.25. The van der Waals surface area contributed by atoms with Gasteiger partial charge in [0.1, 0.15) is 11.6 Å². The monoisotopic (exact) mass is 340 g/mol. The second-order valence-corrected chi connectivity index (χ2v) is 7.05. The summed E-state index contributed by atoms with van der Waals surface area (Å²) in [5.74, 6) is -0.251. The lowest BCUT2D eigenvalue weighted by atomic mass is 10.3. The van der Waals surface area contributed by atoms with Gasteiger partial charge in [-0.15, -0.1) is 0 Å². The number of fused-ring (bicyclic) bond motifs is 1. The number of halogens is 1. The highest BCUT2D eigenvalue weighted by Gasteiger charge is 2.25. The Hall–Kier alpha value is -0.900. The van der Waals surface area contributed by atoms with E-state index in [-0.39, 0.29) is 11.5 Å². The minimum Gasteiger partial charge on any atom is -0.344 e. The van der Waals surface area contributed by atoms with Gasteiger partial charge in [0.2, 0.25) is 0 Å². The van der Waals surface area contributed by atoms with Crippen molar-refractivity contribution in [2.75, 3.05) is 14.1 Å². The van der Waals surface area contributed by atoms with Gasteiger partial charge in [-0.25, -0.2) is 0 Å². The molecule has 1 heterocycles. The molecule has 0 unspecified atom stereocenters. The fourth-order valence-electron chi connectivity index (χ4n) is 1.37. The number of amides is 1. The fourth-order valence-corrected chi connectivity index (χ4v) is 4.36. The summed E-state index contributed by atoms with van der Waals surface area (Å²) in [4.78, 5) is 15.5. The van der Waals surface area contributed by atoms with E-state index in [1.165, 1.54) is 28.4 Å². The van der Waals surface area contributed by atoms with Crippen molar-refractivity contribution in [1.82, 2.24) is 4.90 Å². The summed E-state index contributed by atoms with van der Waals surface area (Å²) >= 11 is 6.36. The fraction of sp³-hybridized carbons (Fsp3) is 0.167. The van der Waals surface area contributed by atoms with Gasteiger partial charge in [0.05, 0.1) is 4.24 Å². The summed E-state index contributed by atoms with van der Waals surface area (Å²) in [5.41, 5.74) is 0.210. The molecule has 0 saturated carbocycles. The Labute approximate surface area is 122 Å². The molecule has 1 amide bonds. The molecule has 0 bridgehead atoms. The number of nitrogens with zero attached hydrogens (tertiary/aromatic N) is 2. The largest absolute Gasteiger partial charge is 0.344 e. The Bertz CT molecular complexity index is 590. The molecule has 1 aromatic carbocycles. The summed E-state index contributed by atoms with van der Waals surface area (Å²) in [6.45, 7) is 0. The summed E-state index contributed by atoms with van der Waals surface area (Å²) in [5, 5.41) is 9.15. The van der Waals surface area contributed by atoms with Gasteiger partial charge >= 0.3 is 0 Å². The van der Waals surface area contributed by atoms with Crippen LogP contribution in [0.4, 0.5) is 0 Å². The quantitative estimate of drug-likeness (QED) is 0.580. The maximum Gasteiger partial charge on any atom is 0.265 e. The van der Waals surface area contributed by atoms with E-state index >= 15 is 0 Å². The minimum absolute atomic E-state index is 0.210. The predicted octanol–water partition coefficient (Wildman–Crippen LogP) is 3.47. The molecule has 0 atom stereocenters. The lowest BCUT2D eigenvalue weighted by molar-refractivity contribution is -0.124. The molecule has 0 radical (unpaired) electrons. The number of rotatable bonds is 1. The van der Waals surface area contributed by atoms with E-state index in [1.54, 1.807) is 14.1 Å². The summed E-state index contributed by atoms with van der Waals surface area (Å²) in [6.07, 6.45) is 0. The van der Waals surface area contributed by atoms with E-state index < -0.39 is 0 Å². The Morgan fingerprint density at radius 2 is 2.00 bits per heavy atom. The Morgan fingerprint density at radius 3 is 2.61 bits per heavy atom. The number of thioether (sulfide) groups is 2. The molecule has 0 spiro atoms. The van der Waals surface area contributed by atoms with Crippen molar-refractivity contribution < 1.29 is 4.79 Å². The second-order valence-electron chi connectivity index (χ2n) is 3.77. The molecule has 2 rings (SSSR count). The van der Waals surface area contributed by atoms with Crippen LogP contribution in [0.2, 0.25) is 0 Å². The van der Waals surface area contributed by atoms with Crippen molar-refractivity contribution >= 4 is 45.4 Å². The molecule has 92 valence electrons. The van der Waals surface area contributed by atoms with E-state index in [1.807, 2.05) is 24.3 Å². The normalized spacial score (nSPS) is 15.9. The number of nitriles is 1. The third kappa shape index (κ3) is 2.58. The van der Waals surface area contributed by atoms with E-state index in [0.29, 0.717) is 0 Å². The zero-order valence-electron chi connectivity index (χ0n) is 9.73. The summed E-state index contributed by atoms with van der Waals surface area (Å²) in [6, 6.07) is 7.94. The lowest BCUT2D eigenvalue weighted by Gasteiger charge is -2.09. The molecular formula is C12H9BrN2OS2. The topological polar surface area (TPSA) is 44.1 Å². The van der Waals surface area contributed by atoms with E-state index in [9.17, 15) is 4.79 Å². The molecule has 1 aliphatic heterocycles. The third-order valence-corrected chi connectivity index (χ3v) is 5.28. The Kier molecular flexibility index (Phi) is 4.05. The van der Waals surface area contributed by atoms with Gasteiger partial charge in [0, 0.05) is 28.4 Å². The van der Waals surface area contributed by atoms with Crippen molar-refractivity contribution in [3.63, 3.8) is 0 Å². The van der Waals surface area contributed by atoms with Gasteiger partial charge in [-0.2, -0.15) is 5.26 Å². The van der Waals surface area contributed by atoms with Gasteiger partial charge in [-0.3, -0.25) is 4.79 Å². The molecule has 0 saturated heterocycles. The molecule has 6 heteroatoms. The molecule has 0 fully saturated rings. The molecule has 3 nitrogen and oxygen atoms in total. The standard InChI is InChI=1S/C12H9BrN2OS2/c1-15(2)11(16)8(6-14)12-17-9-4-3-7(13)5-10(9)18-12/h3-5H,1-2H3/b12-8+. The smallest absolute Gasteiger partial charge is 0.265 e. The number of hydrogen-bond donors (Lipinski definition) is 0. The highest BCUT2D eigenvalue weighted by atomic mass is 79.9. The summed E-state index contributed by atoms with van der Waals surface area (Å²) < 4.78 is 1.75. The van der Waals surface area contributed by atoms with Crippen LogP contribution in [-0.4, -0.2) is 24.9 Å².